The molecule has 4 aliphatic rings. The number of hydrogen-bond donors (Lipinski definition) is 5. The first kappa shape index (κ1) is 27.1. The number of aliphatic hydroxyl groups excluding tert-OH is 1. The van der Waals surface area contributed by atoms with Crippen molar-refractivity contribution in [2.24, 2.45) is 0 Å². The van der Waals surface area contributed by atoms with Crippen molar-refractivity contribution in [3.8, 4) is 28.7 Å². The van der Waals surface area contributed by atoms with Gasteiger partial charge in [0.1, 0.15) is 22.6 Å². The summed E-state index contributed by atoms with van der Waals surface area (Å²) in [4.78, 5) is 64.4. The lowest BCUT2D eigenvalue weighted by Crippen LogP contribution is -2.40. The van der Waals surface area contributed by atoms with Gasteiger partial charge < -0.3 is 44.4 Å². The molecule has 2 aliphatic heterocycles. The monoisotopic (exact) mass is 603 g/mol. The maximum atomic E-state index is 13.4. The second-order valence-corrected chi connectivity index (χ2v) is 10.7. The average molecular weight is 603 g/mol. The van der Waals surface area contributed by atoms with Crippen LogP contribution >= 0.6 is 0 Å². The molecule has 0 saturated carbocycles. The molecule has 1 amide bonds. The number of aromatic hydroxyl groups is 3. The third kappa shape index (κ3) is 3.70. The van der Waals surface area contributed by atoms with Gasteiger partial charge in [-0.1, -0.05) is 0 Å². The summed E-state index contributed by atoms with van der Waals surface area (Å²) >= 11 is 0. The molecule has 0 radical (unpaired) electrons. The van der Waals surface area contributed by atoms with Crippen LogP contribution < -0.4 is 20.4 Å². The quantitative estimate of drug-likeness (QED) is 0.272. The largest absolute Gasteiger partial charge is 0.510 e. The lowest BCUT2D eigenvalue weighted by Gasteiger charge is -2.35. The zero-order chi connectivity index (χ0) is 31.2. The maximum absolute atomic E-state index is 13.4. The Morgan fingerprint density at radius 2 is 1.70 bits per heavy atom. The summed E-state index contributed by atoms with van der Waals surface area (Å²) in [6.07, 6.45) is 0.123. The lowest BCUT2D eigenvalue weighted by molar-refractivity contribution is -0.148. The number of amides is 1. The van der Waals surface area contributed by atoms with Gasteiger partial charge in [0.05, 0.1) is 30.2 Å². The molecule has 3 heterocycles. The minimum absolute atomic E-state index is 0.0295. The normalized spacial score (nSPS) is 20.4. The van der Waals surface area contributed by atoms with Crippen molar-refractivity contribution in [2.45, 2.75) is 37.9 Å². The van der Waals surface area contributed by atoms with E-state index in [1.54, 1.807) is 0 Å². The van der Waals surface area contributed by atoms with Crippen molar-refractivity contribution in [1.29, 1.82) is 0 Å². The predicted octanol–water partition coefficient (Wildman–Crippen LogP) is 2.56. The molecule has 1 unspecified atom stereocenters. The van der Waals surface area contributed by atoms with Crippen LogP contribution in [0.2, 0.25) is 0 Å². The van der Waals surface area contributed by atoms with Gasteiger partial charge in [-0.05, 0) is 29.5 Å². The van der Waals surface area contributed by atoms with Gasteiger partial charge in [-0.15, -0.1) is 0 Å². The van der Waals surface area contributed by atoms with E-state index in [0.29, 0.717) is 5.56 Å². The fourth-order valence-corrected chi connectivity index (χ4v) is 6.01. The van der Waals surface area contributed by atoms with Gasteiger partial charge in [-0.3, -0.25) is 19.2 Å². The molecular weight excluding hydrogens is 582 g/mol. The summed E-state index contributed by atoms with van der Waals surface area (Å²) in [6.45, 7) is 0. The van der Waals surface area contributed by atoms with Crippen molar-refractivity contribution < 1.29 is 58.2 Å². The molecule has 14 nitrogen and oxygen atoms in total. The molecule has 1 aromatic heterocycles. The van der Waals surface area contributed by atoms with Crippen molar-refractivity contribution in [1.82, 2.24) is 5.32 Å². The van der Waals surface area contributed by atoms with Crippen LogP contribution in [0.15, 0.2) is 50.2 Å². The molecule has 44 heavy (non-hydrogen) atoms. The number of carbonyl (C=O) groups excluding carboxylic acids is 4. The highest BCUT2D eigenvalue weighted by Crippen LogP contribution is 2.52. The van der Waals surface area contributed by atoms with Crippen molar-refractivity contribution in [3.63, 3.8) is 0 Å². The van der Waals surface area contributed by atoms with Crippen LogP contribution in [0.4, 0.5) is 0 Å². The fourth-order valence-electron chi connectivity index (χ4n) is 6.01. The number of fused-ring (bicyclic) bond motifs is 3. The molecule has 2 aliphatic carbocycles. The van der Waals surface area contributed by atoms with E-state index in [1.165, 1.54) is 19.2 Å². The molecule has 0 saturated heterocycles. The molecule has 2 aromatic carbocycles. The van der Waals surface area contributed by atoms with Crippen LogP contribution in [-0.4, -0.2) is 56.6 Å². The van der Waals surface area contributed by atoms with Gasteiger partial charge >= 0.3 is 5.63 Å². The summed E-state index contributed by atoms with van der Waals surface area (Å²) in [7, 11) is 1.21. The second-order valence-electron chi connectivity index (χ2n) is 10.7. The minimum atomic E-state index is -1.64. The van der Waals surface area contributed by atoms with E-state index in [9.17, 15) is 44.4 Å². The standard InChI is InChI=1S/C30H21NO13/c1-41-16-8-15(34)19-20(23(16)36)25(38)27-12(22(19)35)9-30(44-27)5-4-10-6-11-7-17(28(39)31-21-13(32)2-3-14(21)33)42-29(40)18(11)24(37)26(10)43-30/h6-8,32,34,36-37H,2-5,9H2,1H3,(H,31,39). The third-order valence-corrected chi connectivity index (χ3v) is 8.14. The average Bonchev–Trinajstić information content (AvgIpc) is 3.52. The molecule has 0 fully saturated rings. The number of methoxy groups -OCH3 is 1. The summed E-state index contributed by atoms with van der Waals surface area (Å²) < 4.78 is 22.1. The number of phenols is 3. The highest BCUT2D eigenvalue weighted by atomic mass is 16.7. The smallest absolute Gasteiger partial charge is 0.348 e. The second kappa shape index (κ2) is 9.10. The highest BCUT2D eigenvalue weighted by molar-refractivity contribution is 6.28. The number of allylic oxidation sites excluding steroid dienone is 3. The minimum Gasteiger partial charge on any atom is -0.510 e. The van der Waals surface area contributed by atoms with Crippen LogP contribution in [-0.2, 0) is 16.0 Å². The number of benzene rings is 2. The first-order valence-corrected chi connectivity index (χ1v) is 13.4. The molecular formula is C30H21NO13. The third-order valence-electron chi connectivity index (χ3n) is 8.14. The molecule has 14 heteroatoms. The summed E-state index contributed by atoms with van der Waals surface area (Å²) in [5.74, 6) is -8.04. The fraction of sp³-hybridized carbons (Fsp3) is 0.233. The number of phenolic OH excluding ortho intramolecular Hbond substituents is 3. The maximum Gasteiger partial charge on any atom is 0.348 e. The summed E-state index contributed by atoms with van der Waals surface area (Å²) in [5, 5.41) is 44.1. The summed E-state index contributed by atoms with van der Waals surface area (Å²) in [5.41, 5.74) is -1.94. The Morgan fingerprint density at radius 3 is 2.41 bits per heavy atom. The first-order chi connectivity index (χ1) is 20.9. The van der Waals surface area contributed by atoms with Crippen molar-refractivity contribution >= 4 is 34.0 Å². The number of aryl methyl sites for hydroxylation is 1. The Kier molecular flexibility index (Phi) is 5.60. The van der Waals surface area contributed by atoms with Crippen molar-refractivity contribution in [3.05, 3.63) is 73.9 Å². The van der Waals surface area contributed by atoms with Crippen LogP contribution in [0.3, 0.4) is 0 Å². The number of aliphatic hydroxyl groups is 1. The number of rotatable bonds is 3. The lowest BCUT2D eigenvalue weighted by atomic mass is 9.84. The number of carbonyl (C=O) groups is 4. The SMILES string of the molecule is COc1cc(O)c2c(c1O)C(=O)C1=C(CC3(CCc4cc5cc(C(=O)NC6=C(O)CCC6=O)oc(=O)c5c(O)c4O3)O1)C2=O. The number of ether oxygens (including phenoxy) is 3. The molecule has 224 valence electrons. The number of hydrogen-bond acceptors (Lipinski definition) is 13. The zero-order valence-corrected chi connectivity index (χ0v) is 22.7. The van der Waals surface area contributed by atoms with Gasteiger partial charge in [0, 0.05) is 25.3 Å². The molecule has 0 bridgehead atoms. The molecule has 5 N–H and O–H groups in total. The van der Waals surface area contributed by atoms with Crippen LogP contribution in [0.5, 0.6) is 28.7 Å². The van der Waals surface area contributed by atoms with E-state index >= 15 is 0 Å². The Balaban J connectivity index is 1.22. The Labute approximate surface area is 245 Å². The van der Waals surface area contributed by atoms with E-state index in [1.807, 2.05) is 0 Å². The molecule has 1 spiro atoms. The van der Waals surface area contributed by atoms with E-state index in [-0.39, 0.29) is 77.2 Å². The predicted molar refractivity (Wildman–Crippen MR) is 145 cm³/mol. The Bertz CT molecular complexity index is 2050. The van der Waals surface area contributed by atoms with E-state index in [4.69, 9.17) is 18.6 Å². The molecule has 1 atom stereocenters. The molecule has 7 rings (SSSR count). The Hall–Kier alpha value is -5.79. The number of nitrogens with one attached hydrogen (secondary N) is 1. The van der Waals surface area contributed by atoms with Crippen molar-refractivity contribution in [2.75, 3.05) is 7.11 Å². The van der Waals surface area contributed by atoms with Gasteiger partial charge in [0.2, 0.25) is 5.78 Å². The summed E-state index contributed by atoms with van der Waals surface area (Å²) in [6, 6.07) is 3.71. The highest BCUT2D eigenvalue weighted by Gasteiger charge is 2.53. The van der Waals surface area contributed by atoms with Crippen LogP contribution in [0.1, 0.15) is 62.5 Å². The zero-order valence-electron chi connectivity index (χ0n) is 22.7. The van der Waals surface area contributed by atoms with E-state index in [2.05, 4.69) is 5.32 Å². The first-order valence-electron chi connectivity index (χ1n) is 13.4. The van der Waals surface area contributed by atoms with Gasteiger partial charge in [0.25, 0.3) is 11.7 Å². The van der Waals surface area contributed by atoms with Crippen LogP contribution in [0, 0.1) is 0 Å². The van der Waals surface area contributed by atoms with E-state index in [0.717, 1.165) is 6.07 Å². The molecule has 3 aromatic rings. The van der Waals surface area contributed by atoms with Gasteiger partial charge in [-0.2, -0.15) is 0 Å². The van der Waals surface area contributed by atoms with Gasteiger partial charge in [0.15, 0.2) is 46.1 Å². The topological polar surface area (TPSA) is 219 Å². The Morgan fingerprint density at radius 1 is 0.932 bits per heavy atom. The van der Waals surface area contributed by atoms with Crippen LogP contribution in [0.25, 0.3) is 10.8 Å². The van der Waals surface area contributed by atoms with Gasteiger partial charge in [-0.25, -0.2) is 4.79 Å². The van der Waals surface area contributed by atoms with E-state index < -0.39 is 68.8 Å². The number of ketones is 3. The number of Topliss-reactive ketones (excluding diaryl/α,β-unsaturated/α-hetero) is 3.